The van der Waals surface area contributed by atoms with Crippen molar-refractivity contribution in [2.24, 2.45) is 0 Å². The summed E-state index contributed by atoms with van der Waals surface area (Å²) < 4.78 is 6.38. The third kappa shape index (κ3) is 5.70. The molecule has 0 fully saturated rings. The van der Waals surface area contributed by atoms with Crippen LogP contribution in [-0.4, -0.2) is 5.78 Å². The van der Waals surface area contributed by atoms with Gasteiger partial charge in [-0.2, -0.15) is 0 Å². The summed E-state index contributed by atoms with van der Waals surface area (Å²) in [6.45, 7) is 12.8. The molecular formula is C25H38O2. The molecule has 150 valence electrons. The molecule has 0 radical (unpaired) electrons. The van der Waals surface area contributed by atoms with Gasteiger partial charge >= 0.3 is 0 Å². The van der Waals surface area contributed by atoms with E-state index in [0.29, 0.717) is 6.42 Å². The number of rotatable bonds is 9. The summed E-state index contributed by atoms with van der Waals surface area (Å²) in [5, 5.41) is 0. The second-order valence-corrected chi connectivity index (χ2v) is 9.02. The van der Waals surface area contributed by atoms with Gasteiger partial charge in [0.15, 0.2) is 5.78 Å². The Bertz CT molecular complexity index is 689. The van der Waals surface area contributed by atoms with E-state index >= 15 is 0 Å². The van der Waals surface area contributed by atoms with Gasteiger partial charge in [0, 0.05) is 18.4 Å². The molecular weight excluding hydrogens is 332 g/mol. The minimum absolute atomic E-state index is 0.0930. The summed E-state index contributed by atoms with van der Waals surface area (Å²) in [6, 6.07) is 4.61. The number of unbranched alkanes of at least 4 members (excludes halogenated alkanes) is 4. The zero-order valence-corrected chi connectivity index (χ0v) is 18.3. The maximum Gasteiger partial charge on any atom is 0.159 e. The van der Waals surface area contributed by atoms with Crippen molar-refractivity contribution >= 4 is 5.78 Å². The first-order chi connectivity index (χ1) is 12.8. The van der Waals surface area contributed by atoms with Gasteiger partial charge in [-0.3, -0.25) is 4.79 Å². The second kappa shape index (κ2) is 9.57. The van der Waals surface area contributed by atoms with E-state index in [1.54, 1.807) is 6.92 Å². The molecule has 0 aliphatic carbocycles. The number of ketones is 1. The van der Waals surface area contributed by atoms with Gasteiger partial charge in [-0.25, -0.2) is 0 Å². The Labute approximate surface area is 166 Å². The van der Waals surface area contributed by atoms with Crippen molar-refractivity contribution in [3.05, 3.63) is 40.2 Å². The third-order valence-electron chi connectivity index (χ3n) is 5.49. The number of Topliss-reactive ketones (excluding diaryl/α,β-unsaturated/α-hetero) is 1. The number of carbonyl (C=O) groups excluding carboxylic acids is 1. The lowest BCUT2D eigenvalue weighted by Gasteiger charge is -2.28. The highest BCUT2D eigenvalue weighted by Crippen LogP contribution is 2.39. The molecule has 0 aromatic heterocycles. The van der Waals surface area contributed by atoms with Crippen LogP contribution in [0.3, 0.4) is 0 Å². The first-order valence-electron chi connectivity index (χ1n) is 10.8. The second-order valence-electron chi connectivity index (χ2n) is 9.02. The van der Waals surface area contributed by atoms with Crippen LogP contribution >= 0.6 is 0 Å². The zero-order valence-electron chi connectivity index (χ0n) is 18.3. The number of hydrogen-bond donors (Lipinski definition) is 0. The minimum Gasteiger partial charge on any atom is -0.461 e. The van der Waals surface area contributed by atoms with Crippen LogP contribution in [0, 0.1) is 0 Å². The first-order valence-corrected chi connectivity index (χ1v) is 10.8. The molecule has 0 spiro atoms. The van der Waals surface area contributed by atoms with E-state index in [-0.39, 0.29) is 11.2 Å². The van der Waals surface area contributed by atoms with Crippen LogP contribution in [0.25, 0.3) is 0 Å². The van der Waals surface area contributed by atoms with Crippen LogP contribution in [0.15, 0.2) is 23.5 Å². The fourth-order valence-electron chi connectivity index (χ4n) is 3.78. The van der Waals surface area contributed by atoms with Gasteiger partial charge in [0.05, 0.1) is 0 Å². The molecule has 0 N–H and O–H groups in total. The van der Waals surface area contributed by atoms with E-state index < -0.39 is 0 Å². The molecule has 0 atom stereocenters. The van der Waals surface area contributed by atoms with Crippen LogP contribution < -0.4 is 4.74 Å². The van der Waals surface area contributed by atoms with E-state index in [4.69, 9.17) is 4.74 Å². The Hall–Kier alpha value is -1.57. The quantitative estimate of drug-likeness (QED) is 0.434. The molecule has 2 nitrogen and oxygen atoms in total. The number of fused-ring (bicyclic) bond motifs is 1. The molecule has 27 heavy (non-hydrogen) atoms. The number of aryl methyl sites for hydroxylation is 1. The smallest absolute Gasteiger partial charge is 0.159 e. The normalized spacial score (nSPS) is 14.1. The van der Waals surface area contributed by atoms with Crippen molar-refractivity contribution < 1.29 is 9.53 Å². The van der Waals surface area contributed by atoms with Crippen LogP contribution in [-0.2, 0) is 23.1 Å². The van der Waals surface area contributed by atoms with E-state index in [9.17, 15) is 4.79 Å². The van der Waals surface area contributed by atoms with E-state index in [2.05, 4.69) is 46.8 Å². The Kier molecular flexibility index (Phi) is 7.70. The average Bonchev–Trinajstić information content (AvgIpc) is 2.60. The molecule has 2 heteroatoms. The standard InChI is InChI=1S/C25H38O2/c1-7-9-10-11-12-14-19-15-21(25(4,5)6)16-20-17-22(18(3)26)23(13-8-2)27-24(19)20/h15-16H,7-14,17H2,1-6H3. The van der Waals surface area contributed by atoms with E-state index in [0.717, 1.165) is 36.3 Å². The predicted molar refractivity (Wildman–Crippen MR) is 115 cm³/mol. The first kappa shape index (κ1) is 21.7. The fourth-order valence-corrected chi connectivity index (χ4v) is 3.78. The Morgan fingerprint density at radius 1 is 1.00 bits per heavy atom. The molecule has 1 aromatic rings. The number of carbonyl (C=O) groups is 1. The van der Waals surface area contributed by atoms with Crippen molar-refractivity contribution in [3.8, 4) is 5.75 Å². The van der Waals surface area contributed by atoms with Crippen LogP contribution in [0.5, 0.6) is 5.75 Å². The van der Waals surface area contributed by atoms with Gasteiger partial charge in [-0.05, 0) is 48.3 Å². The van der Waals surface area contributed by atoms with Gasteiger partial charge in [0.2, 0.25) is 0 Å². The number of allylic oxidation sites excluding steroid dienone is 2. The lowest BCUT2D eigenvalue weighted by molar-refractivity contribution is -0.113. The summed E-state index contributed by atoms with van der Waals surface area (Å²) in [5.74, 6) is 2.08. The molecule has 0 saturated heterocycles. The van der Waals surface area contributed by atoms with Gasteiger partial charge in [-0.15, -0.1) is 0 Å². The van der Waals surface area contributed by atoms with Crippen molar-refractivity contribution in [3.63, 3.8) is 0 Å². The number of benzene rings is 1. The molecule has 1 aliphatic heterocycles. The number of ether oxygens (including phenoxy) is 1. The highest BCUT2D eigenvalue weighted by molar-refractivity contribution is 5.94. The molecule has 2 rings (SSSR count). The predicted octanol–water partition coefficient (Wildman–Crippen LogP) is 7.08. The highest BCUT2D eigenvalue weighted by Gasteiger charge is 2.27. The number of hydrogen-bond acceptors (Lipinski definition) is 2. The maximum absolute atomic E-state index is 12.2. The van der Waals surface area contributed by atoms with Gasteiger partial charge < -0.3 is 4.74 Å². The van der Waals surface area contributed by atoms with Crippen molar-refractivity contribution in [2.45, 2.75) is 105 Å². The molecule has 1 aromatic carbocycles. The van der Waals surface area contributed by atoms with Crippen molar-refractivity contribution in [1.82, 2.24) is 0 Å². The molecule has 0 unspecified atom stereocenters. The Morgan fingerprint density at radius 3 is 2.30 bits per heavy atom. The summed E-state index contributed by atoms with van der Waals surface area (Å²) >= 11 is 0. The highest BCUT2D eigenvalue weighted by atomic mass is 16.5. The largest absolute Gasteiger partial charge is 0.461 e. The van der Waals surface area contributed by atoms with Gasteiger partial charge in [-0.1, -0.05) is 72.4 Å². The van der Waals surface area contributed by atoms with Crippen LogP contribution in [0.4, 0.5) is 0 Å². The molecule has 0 saturated carbocycles. The lowest BCUT2D eigenvalue weighted by Crippen LogP contribution is -2.19. The molecule has 0 amide bonds. The van der Waals surface area contributed by atoms with Crippen molar-refractivity contribution in [1.29, 1.82) is 0 Å². The van der Waals surface area contributed by atoms with Crippen molar-refractivity contribution in [2.75, 3.05) is 0 Å². The summed E-state index contributed by atoms with van der Waals surface area (Å²) in [4.78, 5) is 12.2. The van der Waals surface area contributed by atoms with Crippen LogP contribution in [0.2, 0.25) is 0 Å². The average molecular weight is 371 g/mol. The molecule has 1 aliphatic rings. The maximum atomic E-state index is 12.2. The molecule has 0 bridgehead atoms. The topological polar surface area (TPSA) is 26.3 Å². The fraction of sp³-hybridized carbons (Fsp3) is 0.640. The van der Waals surface area contributed by atoms with Gasteiger partial charge in [0.25, 0.3) is 0 Å². The van der Waals surface area contributed by atoms with E-state index in [1.165, 1.54) is 48.8 Å². The Morgan fingerprint density at radius 2 is 1.70 bits per heavy atom. The SMILES string of the molecule is CCCCCCCc1cc(C(C)(C)C)cc2c1OC(CCC)=C(C(C)=O)C2. The lowest BCUT2D eigenvalue weighted by atomic mass is 9.82. The molecule has 1 heterocycles. The third-order valence-corrected chi connectivity index (χ3v) is 5.49. The Balaban J connectivity index is 2.36. The zero-order chi connectivity index (χ0) is 20.0. The van der Waals surface area contributed by atoms with Crippen LogP contribution in [0.1, 0.15) is 103 Å². The summed E-state index contributed by atoms with van der Waals surface area (Å²) in [7, 11) is 0. The minimum atomic E-state index is 0.0930. The summed E-state index contributed by atoms with van der Waals surface area (Å²) in [5.41, 5.74) is 4.82. The summed E-state index contributed by atoms with van der Waals surface area (Å²) in [6.07, 6.45) is 10.00. The van der Waals surface area contributed by atoms with E-state index in [1.807, 2.05) is 0 Å². The monoisotopic (exact) mass is 370 g/mol. The van der Waals surface area contributed by atoms with Gasteiger partial charge in [0.1, 0.15) is 11.5 Å².